The zero-order valence-corrected chi connectivity index (χ0v) is 26.1. The van der Waals surface area contributed by atoms with Crippen LogP contribution in [0.2, 0.25) is 0 Å². The van der Waals surface area contributed by atoms with Crippen molar-refractivity contribution < 1.29 is 0 Å². The second kappa shape index (κ2) is 9.92. The van der Waals surface area contributed by atoms with Crippen LogP contribution in [0.5, 0.6) is 0 Å². The average Bonchev–Trinajstić information content (AvgIpc) is 3.55. The first-order chi connectivity index (χ1) is 22.0. The lowest BCUT2D eigenvalue weighted by atomic mass is 9.82. The minimum atomic E-state index is -0.00728. The minimum absolute atomic E-state index is 0.00728. The molecule has 9 rings (SSSR count). The maximum absolute atomic E-state index is 2.38. The van der Waals surface area contributed by atoms with E-state index in [0.29, 0.717) is 0 Å². The molecule has 1 aromatic heterocycles. The first-order valence-corrected chi connectivity index (χ1v) is 16.4. The third-order valence-electron chi connectivity index (χ3n) is 9.64. The third-order valence-corrected chi connectivity index (χ3v) is 10.8. The molecule has 0 unspecified atom stereocenters. The van der Waals surface area contributed by atoms with Gasteiger partial charge in [-0.1, -0.05) is 111 Å². The van der Waals surface area contributed by atoms with Gasteiger partial charge in [-0.05, 0) is 98.8 Å². The van der Waals surface area contributed by atoms with Gasteiger partial charge in [0.2, 0.25) is 0 Å². The summed E-state index contributed by atoms with van der Waals surface area (Å²) in [5, 5.41) is 5.27. The van der Waals surface area contributed by atoms with Crippen LogP contribution in [0.4, 0.5) is 17.1 Å². The quantitative estimate of drug-likeness (QED) is 0.196. The molecule has 0 saturated heterocycles. The predicted octanol–water partition coefficient (Wildman–Crippen LogP) is 12.7. The Balaban J connectivity index is 1.12. The van der Waals surface area contributed by atoms with Crippen molar-refractivity contribution in [1.82, 2.24) is 0 Å². The zero-order chi connectivity index (χ0) is 30.1. The number of benzene rings is 7. The Hall–Kier alpha value is -5.18. The Morgan fingerprint density at radius 1 is 0.444 bits per heavy atom. The number of nitrogens with zero attached hydrogens (tertiary/aromatic N) is 1. The fraction of sp³-hybridized carbons (Fsp3) is 0.0698. The normalized spacial score (nSPS) is 13.3. The molecule has 0 radical (unpaired) electrons. The van der Waals surface area contributed by atoms with E-state index in [2.05, 4.69) is 170 Å². The Labute approximate surface area is 267 Å². The van der Waals surface area contributed by atoms with Gasteiger partial charge in [0.1, 0.15) is 0 Å². The minimum Gasteiger partial charge on any atom is -0.310 e. The first kappa shape index (κ1) is 26.2. The van der Waals surface area contributed by atoms with E-state index in [4.69, 9.17) is 0 Å². The van der Waals surface area contributed by atoms with Gasteiger partial charge >= 0.3 is 0 Å². The van der Waals surface area contributed by atoms with Gasteiger partial charge in [0.05, 0.1) is 0 Å². The van der Waals surface area contributed by atoms with E-state index in [1.165, 1.54) is 70.0 Å². The van der Waals surface area contributed by atoms with Crippen molar-refractivity contribution in [1.29, 1.82) is 0 Å². The van der Waals surface area contributed by atoms with Crippen LogP contribution in [-0.2, 0) is 5.41 Å². The fourth-order valence-corrected chi connectivity index (χ4v) is 8.49. The van der Waals surface area contributed by atoms with Crippen molar-refractivity contribution in [2.75, 3.05) is 4.90 Å². The van der Waals surface area contributed by atoms with E-state index in [1.807, 2.05) is 11.3 Å². The summed E-state index contributed by atoms with van der Waals surface area (Å²) in [4.78, 5) is 2.37. The molecule has 0 fully saturated rings. The lowest BCUT2D eigenvalue weighted by Crippen LogP contribution is -2.15. The molecular formula is C43H31NS. The van der Waals surface area contributed by atoms with Crippen LogP contribution < -0.4 is 4.90 Å². The summed E-state index contributed by atoms with van der Waals surface area (Å²) in [6, 6.07) is 55.8. The Morgan fingerprint density at radius 3 is 1.89 bits per heavy atom. The van der Waals surface area contributed by atoms with Crippen LogP contribution in [0.25, 0.3) is 53.2 Å². The average molecular weight is 594 g/mol. The molecule has 0 N–H and O–H groups in total. The van der Waals surface area contributed by atoms with E-state index in [0.717, 1.165) is 11.4 Å². The highest BCUT2D eigenvalue weighted by Crippen LogP contribution is 2.50. The molecule has 1 aliphatic rings. The molecule has 1 heterocycles. The smallest absolute Gasteiger partial charge is 0.0468 e. The molecule has 0 amide bonds. The monoisotopic (exact) mass is 593 g/mol. The zero-order valence-electron chi connectivity index (χ0n) is 25.3. The lowest BCUT2D eigenvalue weighted by molar-refractivity contribution is 0.660. The van der Waals surface area contributed by atoms with Crippen LogP contribution in [0.15, 0.2) is 152 Å². The highest BCUT2D eigenvalue weighted by molar-refractivity contribution is 7.25. The predicted molar refractivity (Wildman–Crippen MR) is 195 cm³/mol. The topological polar surface area (TPSA) is 3.24 Å². The number of rotatable bonds is 4. The summed E-state index contributed by atoms with van der Waals surface area (Å²) in [6.07, 6.45) is 0. The van der Waals surface area contributed by atoms with Crippen molar-refractivity contribution in [3.8, 4) is 22.3 Å². The highest BCUT2D eigenvalue weighted by Gasteiger charge is 2.35. The van der Waals surface area contributed by atoms with Gasteiger partial charge in [0.15, 0.2) is 0 Å². The highest BCUT2D eigenvalue weighted by atomic mass is 32.1. The SMILES string of the molecule is CC1(C)c2ccccc2-c2cc(N(c3ccccc3)c3ccc(-c4ccc5c(c4)sc4cc6ccccc6cc45)cc3)ccc21. The Kier molecular flexibility index (Phi) is 5.78. The maximum atomic E-state index is 2.38. The lowest BCUT2D eigenvalue weighted by Gasteiger charge is -2.27. The molecule has 0 spiro atoms. The van der Waals surface area contributed by atoms with E-state index in [-0.39, 0.29) is 5.41 Å². The number of thiophene rings is 1. The summed E-state index contributed by atoms with van der Waals surface area (Å²) in [6.45, 7) is 4.67. The Bertz CT molecular complexity index is 2400. The van der Waals surface area contributed by atoms with Gasteiger partial charge in [0, 0.05) is 42.6 Å². The van der Waals surface area contributed by atoms with Crippen LogP contribution in [-0.4, -0.2) is 0 Å². The van der Waals surface area contributed by atoms with Crippen molar-refractivity contribution in [3.63, 3.8) is 0 Å². The van der Waals surface area contributed by atoms with Crippen LogP contribution in [0.3, 0.4) is 0 Å². The van der Waals surface area contributed by atoms with E-state index < -0.39 is 0 Å². The Morgan fingerprint density at radius 2 is 1.07 bits per heavy atom. The van der Waals surface area contributed by atoms with Gasteiger partial charge in [-0.3, -0.25) is 0 Å². The molecule has 1 aliphatic carbocycles. The molecule has 0 bridgehead atoms. The summed E-state index contributed by atoms with van der Waals surface area (Å²) >= 11 is 1.88. The molecule has 8 aromatic rings. The van der Waals surface area contributed by atoms with Gasteiger partial charge < -0.3 is 4.90 Å². The number of fused-ring (bicyclic) bond motifs is 7. The summed E-state index contributed by atoms with van der Waals surface area (Å²) in [7, 11) is 0. The van der Waals surface area contributed by atoms with Gasteiger partial charge in [-0.15, -0.1) is 11.3 Å². The van der Waals surface area contributed by atoms with E-state index in [9.17, 15) is 0 Å². The summed E-state index contributed by atoms with van der Waals surface area (Å²) < 4.78 is 2.67. The second-order valence-corrected chi connectivity index (χ2v) is 13.7. The van der Waals surface area contributed by atoms with Gasteiger partial charge in [-0.2, -0.15) is 0 Å². The van der Waals surface area contributed by atoms with Crippen molar-refractivity contribution in [3.05, 3.63) is 163 Å². The largest absolute Gasteiger partial charge is 0.310 e. The van der Waals surface area contributed by atoms with E-state index in [1.54, 1.807) is 0 Å². The second-order valence-electron chi connectivity index (χ2n) is 12.6. The number of hydrogen-bond donors (Lipinski definition) is 0. The molecule has 0 aliphatic heterocycles. The summed E-state index contributed by atoms with van der Waals surface area (Å²) in [5.41, 5.74) is 11.4. The van der Waals surface area contributed by atoms with Crippen molar-refractivity contribution in [2.45, 2.75) is 19.3 Å². The van der Waals surface area contributed by atoms with Crippen LogP contribution >= 0.6 is 11.3 Å². The molecule has 1 nitrogen and oxygen atoms in total. The van der Waals surface area contributed by atoms with Crippen LogP contribution in [0, 0.1) is 0 Å². The van der Waals surface area contributed by atoms with Crippen molar-refractivity contribution >= 4 is 59.3 Å². The maximum Gasteiger partial charge on any atom is 0.0468 e. The van der Waals surface area contributed by atoms with Gasteiger partial charge in [0.25, 0.3) is 0 Å². The van der Waals surface area contributed by atoms with Crippen molar-refractivity contribution in [2.24, 2.45) is 0 Å². The van der Waals surface area contributed by atoms with E-state index >= 15 is 0 Å². The first-order valence-electron chi connectivity index (χ1n) is 15.6. The number of para-hydroxylation sites is 1. The fourth-order valence-electron chi connectivity index (χ4n) is 7.32. The van der Waals surface area contributed by atoms with Crippen LogP contribution in [0.1, 0.15) is 25.0 Å². The summed E-state index contributed by atoms with van der Waals surface area (Å²) in [5.74, 6) is 0. The van der Waals surface area contributed by atoms with Gasteiger partial charge in [-0.25, -0.2) is 0 Å². The standard InChI is InChI=1S/C43H31NS/c1-43(2)39-15-9-8-14-35(39)37-27-34(21-23-40(37)43)44(32-12-4-3-5-13-32)33-19-16-28(17-20-33)31-18-22-36-38-24-29-10-6-7-11-30(29)25-42(38)45-41(36)26-31/h3-27H,1-2H3. The third kappa shape index (κ3) is 4.13. The molecule has 45 heavy (non-hydrogen) atoms. The number of anilines is 3. The molecule has 214 valence electrons. The molecule has 7 aromatic carbocycles. The molecule has 2 heteroatoms. The molecule has 0 saturated carbocycles. The molecule has 0 atom stereocenters. The number of hydrogen-bond acceptors (Lipinski definition) is 2. The molecular weight excluding hydrogens is 563 g/mol.